The van der Waals surface area contributed by atoms with E-state index in [0.717, 1.165) is 11.6 Å². The number of anilines is 1. The highest BCUT2D eigenvalue weighted by molar-refractivity contribution is 5.60. The molecule has 0 unspecified atom stereocenters. The van der Waals surface area contributed by atoms with Crippen molar-refractivity contribution in [2.75, 3.05) is 5.32 Å². The number of nitro groups is 1. The average molecular weight is 292 g/mol. The molecule has 6 heteroatoms. The molecule has 0 aliphatic carbocycles. The lowest BCUT2D eigenvalue weighted by molar-refractivity contribution is -0.385. The highest BCUT2D eigenvalue weighted by Gasteiger charge is 2.14. The van der Waals surface area contributed by atoms with E-state index in [0.29, 0.717) is 16.8 Å². The molecule has 0 aliphatic heterocycles. The van der Waals surface area contributed by atoms with Crippen molar-refractivity contribution in [2.24, 2.45) is 0 Å². The maximum atomic E-state index is 13.5. The second kappa shape index (κ2) is 5.87. The first-order valence-electron chi connectivity index (χ1n) is 6.32. The molecule has 110 valence electrons. The minimum Gasteiger partial charge on any atom is -0.380 e. The monoisotopic (exact) mass is 292 g/mol. The van der Waals surface area contributed by atoms with Gasteiger partial charge in [0.05, 0.1) is 4.92 Å². The molecule has 0 amide bonds. The Hall–Kier alpha value is -2.50. The Kier molecular flexibility index (Phi) is 4.16. The van der Waals surface area contributed by atoms with Crippen molar-refractivity contribution < 1.29 is 13.7 Å². The standard InChI is InChI=1S/C15H14F2N2O2/c1-9-5-10(2)15(19(20)21)7-14(9)18-8-11-3-4-12(16)6-13(11)17/h3-7,18H,8H2,1-2H3. The van der Waals surface area contributed by atoms with Gasteiger partial charge in [0, 0.05) is 35.5 Å². The molecule has 0 fully saturated rings. The molecule has 0 saturated carbocycles. The first-order valence-corrected chi connectivity index (χ1v) is 6.32. The van der Waals surface area contributed by atoms with Gasteiger partial charge in [-0.3, -0.25) is 10.1 Å². The number of halogens is 2. The van der Waals surface area contributed by atoms with Crippen LogP contribution in [0.25, 0.3) is 0 Å². The second-order valence-electron chi connectivity index (χ2n) is 4.80. The number of hydrogen-bond donors (Lipinski definition) is 1. The number of aryl methyl sites for hydroxylation is 2. The molecule has 0 heterocycles. The van der Waals surface area contributed by atoms with Crippen LogP contribution in [0.3, 0.4) is 0 Å². The highest BCUT2D eigenvalue weighted by atomic mass is 19.1. The third kappa shape index (κ3) is 3.34. The molecule has 0 aliphatic rings. The van der Waals surface area contributed by atoms with E-state index in [4.69, 9.17) is 0 Å². The van der Waals surface area contributed by atoms with E-state index >= 15 is 0 Å². The molecule has 21 heavy (non-hydrogen) atoms. The minimum absolute atomic E-state index is 0.00248. The summed E-state index contributed by atoms with van der Waals surface area (Å²) in [7, 11) is 0. The summed E-state index contributed by atoms with van der Waals surface area (Å²) in [4.78, 5) is 10.5. The van der Waals surface area contributed by atoms with Crippen LogP contribution in [-0.2, 0) is 6.54 Å². The van der Waals surface area contributed by atoms with Crippen molar-refractivity contribution >= 4 is 11.4 Å². The lowest BCUT2D eigenvalue weighted by Crippen LogP contribution is -2.05. The van der Waals surface area contributed by atoms with Gasteiger partial charge >= 0.3 is 0 Å². The van der Waals surface area contributed by atoms with Crippen LogP contribution in [-0.4, -0.2) is 4.92 Å². The summed E-state index contributed by atoms with van der Waals surface area (Å²) in [6.07, 6.45) is 0. The van der Waals surface area contributed by atoms with E-state index in [1.165, 1.54) is 18.2 Å². The zero-order valence-electron chi connectivity index (χ0n) is 11.6. The zero-order valence-corrected chi connectivity index (χ0v) is 11.6. The third-order valence-corrected chi connectivity index (χ3v) is 3.22. The third-order valence-electron chi connectivity index (χ3n) is 3.22. The van der Waals surface area contributed by atoms with Gasteiger partial charge in [-0.1, -0.05) is 6.07 Å². The summed E-state index contributed by atoms with van der Waals surface area (Å²) in [5, 5.41) is 13.9. The Bertz CT molecular complexity index is 702. The van der Waals surface area contributed by atoms with E-state index in [9.17, 15) is 18.9 Å². The number of benzene rings is 2. The highest BCUT2D eigenvalue weighted by Crippen LogP contribution is 2.26. The molecule has 0 saturated heterocycles. The first kappa shape index (κ1) is 14.9. The summed E-state index contributed by atoms with van der Waals surface area (Å²) < 4.78 is 26.4. The maximum absolute atomic E-state index is 13.5. The smallest absolute Gasteiger partial charge is 0.274 e. The normalized spacial score (nSPS) is 10.5. The van der Waals surface area contributed by atoms with Gasteiger partial charge in [0.1, 0.15) is 11.6 Å². The largest absolute Gasteiger partial charge is 0.380 e. The van der Waals surface area contributed by atoms with E-state index in [1.54, 1.807) is 19.9 Å². The molecule has 0 radical (unpaired) electrons. The topological polar surface area (TPSA) is 55.2 Å². The molecular formula is C15H14F2N2O2. The van der Waals surface area contributed by atoms with Crippen molar-refractivity contribution in [2.45, 2.75) is 20.4 Å². The Balaban J connectivity index is 2.23. The minimum atomic E-state index is -0.651. The van der Waals surface area contributed by atoms with Gasteiger partial charge in [0.2, 0.25) is 0 Å². The Labute approximate surface area is 120 Å². The van der Waals surface area contributed by atoms with E-state index in [1.807, 2.05) is 0 Å². The molecule has 0 atom stereocenters. The Morgan fingerprint density at radius 2 is 1.86 bits per heavy atom. The maximum Gasteiger partial charge on any atom is 0.274 e. The summed E-state index contributed by atoms with van der Waals surface area (Å²) in [5.74, 6) is -1.29. The fraction of sp³-hybridized carbons (Fsp3) is 0.200. The first-order chi connectivity index (χ1) is 9.88. The van der Waals surface area contributed by atoms with Crippen LogP contribution in [0, 0.1) is 35.6 Å². The van der Waals surface area contributed by atoms with Gasteiger partial charge in [-0.2, -0.15) is 0 Å². The van der Waals surface area contributed by atoms with Gasteiger partial charge in [-0.15, -0.1) is 0 Å². The van der Waals surface area contributed by atoms with E-state index in [2.05, 4.69) is 5.32 Å². The molecule has 0 bridgehead atoms. The van der Waals surface area contributed by atoms with Crippen LogP contribution in [0.4, 0.5) is 20.2 Å². The lowest BCUT2D eigenvalue weighted by Gasteiger charge is -2.11. The van der Waals surface area contributed by atoms with Crippen LogP contribution in [0.15, 0.2) is 30.3 Å². The summed E-state index contributed by atoms with van der Waals surface area (Å²) in [6, 6.07) is 6.44. The molecular weight excluding hydrogens is 278 g/mol. The van der Waals surface area contributed by atoms with Crippen molar-refractivity contribution in [3.63, 3.8) is 0 Å². The van der Waals surface area contributed by atoms with Crippen LogP contribution in [0.1, 0.15) is 16.7 Å². The fourth-order valence-electron chi connectivity index (χ4n) is 2.08. The lowest BCUT2D eigenvalue weighted by atomic mass is 10.1. The number of nitro benzene ring substituents is 1. The number of hydrogen-bond acceptors (Lipinski definition) is 3. The Morgan fingerprint density at radius 1 is 1.14 bits per heavy atom. The average Bonchev–Trinajstić information content (AvgIpc) is 2.39. The van der Waals surface area contributed by atoms with Crippen LogP contribution >= 0.6 is 0 Å². The van der Waals surface area contributed by atoms with Crippen molar-refractivity contribution in [1.82, 2.24) is 0 Å². The van der Waals surface area contributed by atoms with E-state index in [-0.39, 0.29) is 12.2 Å². The number of nitrogens with one attached hydrogen (secondary N) is 1. The van der Waals surface area contributed by atoms with Gasteiger partial charge < -0.3 is 5.32 Å². The summed E-state index contributed by atoms with van der Waals surface area (Å²) in [6.45, 7) is 3.59. The van der Waals surface area contributed by atoms with Crippen LogP contribution < -0.4 is 5.32 Å². The zero-order chi connectivity index (χ0) is 15.6. The number of rotatable bonds is 4. The molecule has 0 aromatic heterocycles. The second-order valence-corrected chi connectivity index (χ2v) is 4.80. The predicted molar refractivity (Wildman–Crippen MR) is 76.3 cm³/mol. The quantitative estimate of drug-likeness (QED) is 0.681. The van der Waals surface area contributed by atoms with Crippen LogP contribution in [0.2, 0.25) is 0 Å². The van der Waals surface area contributed by atoms with Crippen molar-refractivity contribution in [1.29, 1.82) is 0 Å². The molecule has 4 nitrogen and oxygen atoms in total. The predicted octanol–water partition coefficient (Wildman–Crippen LogP) is 4.10. The summed E-state index contributed by atoms with van der Waals surface area (Å²) in [5.41, 5.74) is 2.23. The fourth-order valence-corrected chi connectivity index (χ4v) is 2.08. The molecule has 1 N–H and O–H groups in total. The van der Waals surface area contributed by atoms with Crippen molar-refractivity contribution in [3.05, 3.63) is 68.8 Å². The Morgan fingerprint density at radius 3 is 2.48 bits per heavy atom. The molecule has 2 aromatic carbocycles. The number of nitrogens with zero attached hydrogens (tertiary/aromatic N) is 1. The summed E-state index contributed by atoms with van der Waals surface area (Å²) >= 11 is 0. The van der Waals surface area contributed by atoms with Gasteiger partial charge in [0.15, 0.2) is 0 Å². The van der Waals surface area contributed by atoms with Gasteiger partial charge in [-0.25, -0.2) is 8.78 Å². The van der Waals surface area contributed by atoms with Gasteiger partial charge in [0.25, 0.3) is 5.69 Å². The molecule has 0 spiro atoms. The molecule has 2 rings (SSSR count). The van der Waals surface area contributed by atoms with E-state index < -0.39 is 16.6 Å². The van der Waals surface area contributed by atoms with Crippen LogP contribution in [0.5, 0.6) is 0 Å². The van der Waals surface area contributed by atoms with Crippen molar-refractivity contribution in [3.8, 4) is 0 Å². The molecule has 2 aromatic rings. The SMILES string of the molecule is Cc1cc(C)c([N+](=O)[O-])cc1NCc1ccc(F)cc1F. The van der Waals surface area contributed by atoms with Gasteiger partial charge in [-0.05, 0) is 31.5 Å².